The minimum atomic E-state index is -0.519. The number of ether oxygens (including phenoxy) is 1. The molecular weight excluding hydrogens is 256 g/mol. The first-order chi connectivity index (χ1) is 9.70. The van der Waals surface area contributed by atoms with Crippen LogP contribution in [0.15, 0.2) is 59.8 Å². The zero-order valence-corrected chi connectivity index (χ0v) is 10.7. The van der Waals surface area contributed by atoms with Crippen LogP contribution < -0.4 is 5.73 Å². The number of rotatable bonds is 4. The molecule has 3 N–H and O–H groups in total. The van der Waals surface area contributed by atoms with Gasteiger partial charge in [-0.05, 0) is 18.2 Å². The predicted molar refractivity (Wildman–Crippen MR) is 75.9 cm³/mol. The summed E-state index contributed by atoms with van der Waals surface area (Å²) >= 11 is 0. The maximum Gasteiger partial charge on any atom is 0.338 e. The molecule has 0 radical (unpaired) electrons. The molecule has 0 unspecified atom stereocenters. The van der Waals surface area contributed by atoms with E-state index in [1.165, 1.54) is 6.07 Å². The van der Waals surface area contributed by atoms with Crippen molar-refractivity contribution in [3.05, 3.63) is 65.7 Å². The number of oxime groups is 1. The van der Waals surface area contributed by atoms with Crippen LogP contribution in [0.1, 0.15) is 15.9 Å². The molecule has 102 valence electrons. The quantitative estimate of drug-likeness (QED) is 0.293. The van der Waals surface area contributed by atoms with Crippen molar-refractivity contribution in [3.8, 4) is 0 Å². The Kier molecular flexibility index (Phi) is 4.34. The van der Waals surface area contributed by atoms with Gasteiger partial charge in [-0.1, -0.05) is 41.6 Å². The van der Waals surface area contributed by atoms with Crippen molar-refractivity contribution in [3.63, 3.8) is 0 Å². The van der Waals surface area contributed by atoms with Gasteiger partial charge in [0.1, 0.15) is 12.3 Å². The molecular formula is C15H14N2O3. The summed E-state index contributed by atoms with van der Waals surface area (Å²) in [6.07, 6.45) is 0. The number of nitrogens with zero attached hydrogens (tertiary/aromatic N) is 1. The number of hydrogen-bond donors (Lipinski definition) is 2. The number of esters is 1. The van der Waals surface area contributed by atoms with E-state index >= 15 is 0 Å². The Morgan fingerprint density at radius 2 is 1.80 bits per heavy atom. The maximum atomic E-state index is 11.8. The number of nitrogen functional groups attached to an aromatic ring is 1. The molecule has 0 amide bonds. The summed E-state index contributed by atoms with van der Waals surface area (Å²) in [4.78, 5) is 11.8. The highest BCUT2D eigenvalue weighted by atomic mass is 16.5. The lowest BCUT2D eigenvalue weighted by Crippen LogP contribution is -2.15. The average molecular weight is 270 g/mol. The van der Waals surface area contributed by atoms with Crippen LogP contribution >= 0.6 is 0 Å². The van der Waals surface area contributed by atoms with Crippen LogP contribution in [0.2, 0.25) is 0 Å². The van der Waals surface area contributed by atoms with Crippen LogP contribution in [0.4, 0.5) is 5.69 Å². The zero-order valence-electron chi connectivity index (χ0n) is 10.7. The lowest BCUT2D eigenvalue weighted by atomic mass is 10.1. The van der Waals surface area contributed by atoms with Gasteiger partial charge < -0.3 is 15.7 Å². The molecule has 0 saturated carbocycles. The van der Waals surface area contributed by atoms with Crippen LogP contribution in [0.3, 0.4) is 0 Å². The Hall–Kier alpha value is -2.82. The summed E-state index contributed by atoms with van der Waals surface area (Å²) < 4.78 is 5.11. The average Bonchev–Trinajstić information content (AvgIpc) is 2.49. The minimum absolute atomic E-state index is 0.117. The summed E-state index contributed by atoms with van der Waals surface area (Å²) in [5.74, 6) is -0.519. The molecule has 0 saturated heterocycles. The molecule has 0 aromatic heterocycles. The standard InChI is InChI=1S/C15H14N2O3/c16-13-8-4-7-12(9-13)15(18)20-10-14(17-19)11-5-2-1-3-6-11/h1-9,19H,10,16H2. The molecule has 0 aliphatic carbocycles. The highest BCUT2D eigenvalue weighted by Gasteiger charge is 2.11. The SMILES string of the molecule is Nc1cccc(C(=O)OCC(=NO)c2ccccc2)c1. The first-order valence-corrected chi connectivity index (χ1v) is 5.99. The first kappa shape index (κ1) is 13.6. The zero-order chi connectivity index (χ0) is 14.4. The van der Waals surface area contributed by atoms with Crippen LogP contribution in [0.25, 0.3) is 0 Å². The number of hydrogen-bond acceptors (Lipinski definition) is 5. The number of carbonyl (C=O) groups is 1. The minimum Gasteiger partial charge on any atom is -0.455 e. The Balaban J connectivity index is 2.03. The molecule has 0 bridgehead atoms. The maximum absolute atomic E-state index is 11.8. The Labute approximate surface area is 116 Å². The Morgan fingerprint density at radius 3 is 2.45 bits per heavy atom. The third-order valence-corrected chi connectivity index (χ3v) is 2.69. The van der Waals surface area contributed by atoms with E-state index in [2.05, 4.69) is 5.16 Å². The fourth-order valence-corrected chi connectivity index (χ4v) is 1.68. The summed E-state index contributed by atoms with van der Waals surface area (Å²) in [7, 11) is 0. The molecule has 0 heterocycles. The third-order valence-electron chi connectivity index (χ3n) is 2.69. The van der Waals surface area contributed by atoms with E-state index in [1.807, 2.05) is 6.07 Å². The van der Waals surface area contributed by atoms with E-state index in [-0.39, 0.29) is 12.3 Å². The van der Waals surface area contributed by atoms with Crippen molar-refractivity contribution in [1.29, 1.82) is 0 Å². The normalized spacial score (nSPS) is 11.1. The van der Waals surface area contributed by atoms with E-state index in [0.717, 1.165) is 0 Å². The number of nitrogens with two attached hydrogens (primary N) is 1. The van der Waals surface area contributed by atoms with E-state index in [4.69, 9.17) is 15.7 Å². The van der Waals surface area contributed by atoms with Crippen molar-refractivity contribution in [2.45, 2.75) is 0 Å². The fourth-order valence-electron chi connectivity index (χ4n) is 1.68. The molecule has 0 fully saturated rings. The second kappa shape index (κ2) is 6.38. The van der Waals surface area contributed by atoms with Gasteiger partial charge in [0.2, 0.25) is 0 Å². The number of anilines is 1. The van der Waals surface area contributed by atoms with Crippen LogP contribution in [-0.4, -0.2) is 23.5 Å². The van der Waals surface area contributed by atoms with Gasteiger partial charge in [-0.3, -0.25) is 0 Å². The number of carbonyl (C=O) groups excluding carboxylic acids is 1. The van der Waals surface area contributed by atoms with E-state index in [9.17, 15) is 4.79 Å². The lowest BCUT2D eigenvalue weighted by molar-refractivity contribution is 0.0562. The van der Waals surface area contributed by atoms with Gasteiger partial charge in [0, 0.05) is 11.3 Å². The molecule has 5 nitrogen and oxygen atoms in total. The number of benzene rings is 2. The van der Waals surface area contributed by atoms with Crippen LogP contribution in [0, 0.1) is 0 Å². The van der Waals surface area contributed by atoms with Gasteiger partial charge in [-0.15, -0.1) is 0 Å². The summed E-state index contributed by atoms with van der Waals surface area (Å²) in [6, 6.07) is 15.5. The molecule has 5 heteroatoms. The fraction of sp³-hybridized carbons (Fsp3) is 0.0667. The first-order valence-electron chi connectivity index (χ1n) is 5.99. The monoisotopic (exact) mass is 270 g/mol. The molecule has 2 aromatic rings. The Morgan fingerprint density at radius 1 is 1.10 bits per heavy atom. The molecule has 2 rings (SSSR count). The highest BCUT2D eigenvalue weighted by molar-refractivity contribution is 6.02. The second-order valence-electron chi connectivity index (χ2n) is 4.11. The topological polar surface area (TPSA) is 84.9 Å². The molecule has 20 heavy (non-hydrogen) atoms. The Bertz CT molecular complexity index is 624. The lowest BCUT2D eigenvalue weighted by Gasteiger charge is -2.07. The summed E-state index contributed by atoms with van der Waals surface area (Å²) in [6.45, 7) is -0.117. The van der Waals surface area contributed by atoms with Gasteiger partial charge in [0.15, 0.2) is 0 Å². The van der Waals surface area contributed by atoms with Crippen molar-refractivity contribution >= 4 is 17.4 Å². The van der Waals surface area contributed by atoms with E-state index in [1.54, 1.807) is 42.5 Å². The van der Waals surface area contributed by atoms with Crippen molar-refractivity contribution in [2.75, 3.05) is 12.3 Å². The second-order valence-corrected chi connectivity index (χ2v) is 4.11. The van der Waals surface area contributed by atoms with Gasteiger partial charge in [0.25, 0.3) is 0 Å². The highest BCUT2D eigenvalue weighted by Crippen LogP contribution is 2.09. The van der Waals surface area contributed by atoms with Crippen LogP contribution in [-0.2, 0) is 4.74 Å². The van der Waals surface area contributed by atoms with E-state index in [0.29, 0.717) is 16.8 Å². The third kappa shape index (κ3) is 3.35. The van der Waals surface area contributed by atoms with Crippen molar-refractivity contribution in [1.82, 2.24) is 0 Å². The van der Waals surface area contributed by atoms with Gasteiger partial charge >= 0.3 is 5.97 Å². The van der Waals surface area contributed by atoms with Crippen LogP contribution in [0.5, 0.6) is 0 Å². The molecule has 0 aliphatic heterocycles. The van der Waals surface area contributed by atoms with Crippen molar-refractivity contribution < 1.29 is 14.7 Å². The smallest absolute Gasteiger partial charge is 0.338 e. The van der Waals surface area contributed by atoms with E-state index < -0.39 is 5.97 Å². The molecule has 0 atom stereocenters. The largest absolute Gasteiger partial charge is 0.455 e. The molecule has 2 aromatic carbocycles. The molecule has 0 aliphatic rings. The summed E-state index contributed by atoms with van der Waals surface area (Å²) in [5.41, 5.74) is 7.41. The predicted octanol–water partition coefficient (Wildman–Crippen LogP) is 2.30. The van der Waals surface area contributed by atoms with Gasteiger partial charge in [-0.25, -0.2) is 4.79 Å². The summed E-state index contributed by atoms with van der Waals surface area (Å²) in [5, 5.41) is 12.1. The van der Waals surface area contributed by atoms with Gasteiger partial charge in [-0.2, -0.15) is 0 Å². The van der Waals surface area contributed by atoms with Gasteiger partial charge in [0.05, 0.1) is 5.56 Å². The van der Waals surface area contributed by atoms with Crippen molar-refractivity contribution in [2.24, 2.45) is 5.16 Å². The molecule has 0 spiro atoms.